The van der Waals surface area contributed by atoms with E-state index in [4.69, 9.17) is 0 Å². The van der Waals surface area contributed by atoms with Crippen LogP contribution >= 0.6 is 0 Å². The number of hydrogen-bond donors (Lipinski definition) is 0. The average Bonchev–Trinajstić information content (AvgIpc) is 2.04. The molecular weight excluding hydrogens is 180 g/mol. The minimum atomic E-state index is -0.906. The Morgan fingerprint density at radius 3 is 2.69 bits per heavy atom. The summed E-state index contributed by atoms with van der Waals surface area (Å²) in [6, 6.07) is 1.52. The number of hydrogen-bond acceptors (Lipinski definition) is 3. The largest absolute Gasteiger partial charge is 0.491 e. The van der Waals surface area contributed by atoms with Gasteiger partial charge in [0.2, 0.25) is 6.08 Å². The highest BCUT2D eigenvalue weighted by atomic mass is 19.1. The van der Waals surface area contributed by atoms with E-state index < -0.39 is 11.6 Å². The normalized spacial score (nSPS) is 9.15. The molecule has 0 amide bonds. The fraction of sp³-hybridized carbons (Fsp3) is 0.125. The molecule has 0 atom stereocenters. The van der Waals surface area contributed by atoms with Crippen molar-refractivity contribution in [2.45, 2.75) is 0 Å². The van der Waals surface area contributed by atoms with Crippen LogP contribution in [0.25, 0.3) is 0 Å². The lowest BCUT2D eigenvalue weighted by Crippen LogP contribution is -1.89. The van der Waals surface area contributed by atoms with Gasteiger partial charge in [0.25, 0.3) is 0 Å². The first-order valence-electron chi connectivity index (χ1n) is 3.30. The zero-order valence-electron chi connectivity index (χ0n) is 6.67. The van der Waals surface area contributed by atoms with Crippen LogP contribution in [0.1, 0.15) is 0 Å². The van der Waals surface area contributed by atoms with Gasteiger partial charge in [-0.1, -0.05) is 0 Å². The number of ether oxygens (including phenoxy) is 1. The molecule has 0 aliphatic carbocycles. The van der Waals surface area contributed by atoms with Gasteiger partial charge in [0.15, 0.2) is 11.6 Å². The molecule has 0 radical (unpaired) electrons. The van der Waals surface area contributed by atoms with Gasteiger partial charge in [-0.25, -0.2) is 13.6 Å². The molecule has 0 fully saturated rings. The van der Waals surface area contributed by atoms with Crippen molar-refractivity contribution < 1.29 is 18.3 Å². The fourth-order valence-corrected chi connectivity index (χ4v) is 0.881. The zero-order valence-corrected chi connectivity index (χ0v) is 6.67. The quantitative estimate of drug-likeness (QED) is 0.521. The van der Waals surface area contributed by atoms with Crippen molar-refractivity contribution in [3.63, 3.8) is 0 Å². The number of rotatable bonds is 2. The summed E-state index contributed by atoms with van der Waals surface area (Å²) in [6.45, 7) is 0. The molecule has 0 aliphatic rings. The number of isocyanates is 1. The lowest BCUT2D eigenvalue weighted by Gasteiger charge is -2.03. The van der Waals surface area contributed by atoms with Crippen LogP contribution < -0.4 is 4.74 Å². The summed E-state index contributed by atoms with van der Waals surface area (Å²) in [5, 5.41) is 0. The molecule has 1 rings (SSSR count). The highest BCUT2D eigenvalue weighted by Crippen LogP contribution is 2.30. The predicted molar refractivity (Wildman–Crippen MR) is 40.7 cm³/mol. The number of nitrogens with zero attached hydrogens (tertiary/aromatic N) is 1. The first-order chi connectivity index (χ1) is 6.19. The van der Waals surface area contributed by atoms with Crippen molar-refractivity contribution in [3.05, 3.63) is 23.8 Å². The van der Waals surface area contributed by atoms with Crippen LogP contribution in [0, 0.1) is 11.6 Å². The van der Waals surface area contributed by atoms with Gasteiger partial charge in [-0.2, -0.15) is 4.99 Å². The van der Waals surface area contributed by atoms with Crippen LogP contribution in [0.2, 0.25) is 0 Å². The predicted octanol–water partition coefficient (Wildman–Crippen LogP) is 1.94. The van der Waals surface area contributed by atoms with Crippen molar-refractivity contribution in [1.29, 1.82) is 0 Å². The first-order valence-corrected chi connectivity index (χ1v) is 3.30. The minimum Gasteiger partial charge on any atom is -0.491 e. The molecule has 0 unspecified atom stereocenters. The van der Waals surface area contributed by atoms with Crippen molar-refractivity contribution in [3.8, 4) is 5.75 Å². The van der Waals surface area contributed by atoms with E-state index in [-0.39, 0.29) is 11.4 Å². The first kappa shape index (κ1) is 9.35. The third-order valence-electron chi connectivity index (χ3n) is 1.36. The lowest BCUT2D eigenvalue weighted by atomic mass is 10.3. The second-order valence-corrected chi connectivity index (χ2v) is 2.14. The van der Waals surface area contributed by atoms with Crippen molar-refractivity contribution in [1.82, 2.24) is 0 Å². The molecule has 0 saturated heterocycles. The molecular formula is C8H5F2NO2. The van der Waals surface area contributed by atoms with E-state index in [0.29, 0.717) is 6.07 Å². The van der Waals surface area contributed by atoms with Gasteiger partial charge in [0, 0.05) is 12.1 Å². The molecule has 0 bridgehead atoms. The van der Waals surface area contributed by atoms with Gasteiger partial charge in [0.1, 0.15) is 11.5 Å². The summed E-state index contributed by atoms with van der Waals surface area (Å²) in [7, 11) is 1.19. The Bertz CT molecular complexity index is 373. The van der Waals surface area contributed by atoms with E-state index in [1.54, 1.807) is 0 Å². The van der Waals surface area contributed by atoms with E-state index in [9.17, 15) is 13.6 Å². The minimum absolute atomic E-state index is 0.213. The van der Waals surface area contributed by atoms with Crippen LogP contribution in [0.3, 0.4) is 0 Å². The van der Waals surface area contributed by atoms with Gasteiger partial charge in [-0.05, 0) is 0 Å². The molecule has 0 heterocycles. The fourth-order valence-electron chi connectivity index (χ4n) is 0.881. The maximum absolute atomic E-state index is 12.9. The zero-order chi connectivity index (χ0) is 9.84. The smallest absolute Gasteiger partial charge is 0.240 e. The van der Waals surface area contributed by atoms with E-state index in [2.05, 4.69) is 9.73 Å². The maximum Gasteiger partial charge on any atom is 0.240 e. The molecule has 1 aromatic rings. The Morgan fingerprint density at radius 1 is 1.46 bits per heavy atom. The molecule has 0 spiro atoms. The molecule has 0 N–H and O–H groups in total. The number of halogens is 2. The number of carbonyl (C=O) groups excluding carboxylic acids is 1. The van der Waals surface area contributed by atoms with Crippen LogP contribution in [0.15, 0.2) is 17.1 Å². The van der Waals surface area contributed by atoms with Gasteiger partial charge in [0.05, 0.1) is 7.11 Å². The summed E-state index contributed by atoms with van der Waals surface area (Å²) in [6.07, 6.45) is 1.17. The standard InChI is InChI=1S/C8H5F2NO2/c1-13-8-6(10)2-5(9)3-7(8)11-4-12/h2-3H,1H3. The highest BCUT2D eigenvalue weighted by molar-refractivity contribution is 5.58. The number of methoxy groups -OCH3 is 1. The van der Waals surface area contributed by atoms with Crippen molar-refractivity contribution in [2.24, 2.45) is 4.99 Å². The Balaban J connectivity index is 3.37. The monoisotopic (exact) mass is 185 g/mol. The van der Waals surface area contributed by atoms with Gasteiger partial charge < -0.3 is 4.74 Å². The number of benzene rings is 1. The third kappa shape index (κ3) is 1.89. The molecule has 3 nitrogen and oxygen atoms in total. The molecule has 68 valence electrons. The maximum atomic E-state index is 12.9. The van der Waals surface area contributed by atoms with Crippen molar-refractivity contribution >= 4 is 11.8 Å². The van der Waals surface area contributed by atoms with E-state index in [1.807, 2.05) is 0 Å². The van der Waals surface area contributed by atoms with Crippen LogP contribution in [0.4, 0.5) is 14.5 Å². The Kier molecular flexibility index (Phi) is 2.72. The second-order valence-electron chi connectivity index (χ2n) is 2.14. The Labute approximate surface area is 72.7 Å². The summed E-state index contributed by atoms with van der Waals surface area (Å²) in [5.41, 5.74) is -0.213. The summed E-state index contributed by atoms with van der Waals surface area (Å²) >= 11 is 0. The van der Waals surface area contributed by atoms with Gasteiger partial charge >= 0.3 is 0 Å². The molecule has 0 aliphatic heterocycles. The number of aliphatic imine (C=N–C) groups is 1. The molecule has 0 saturated carbocycles. The van der Waals surface area contributed by atoms with Gasteiger partial charge in [-0.3, -0.25) is 0 Å². The second kappa shape index (κ2) is 3.78. The van der Waals surface area contributed by atoms with Crippen LogP contribution in [-0.2, 0) is 4.79 Å². The molecule has 1 aromatic carbocycles. The SMILES string of the molecule is COc1c(F)cc(F)cc1N=C=O. The third-order valence-corrected chi connectivity index (χ3v) is 1.36. The Hall–Kier alpha value is -1.74. The average molecular weight is 185 g/mol. The Morgan fingerprint density at radius 2 is 2.15 bits per heavy atom. The van der Waals surface area contributed by atoms with Crippen LogP contribution in [-0.4, -0.2) is 13.2 Å². The highest BCUT2D eigenvalue weighted by Gasteiger charge is 2.10. The summed E-state index contributed by atoms with van der Waals surface area (Å²) in [4.78, 5) is 13.0. The lowest BCUT2D eigenvalue weighted by molar-refractivity contribution is 0.385. The van der Waals surface area contributed by atoms with Gasteiger partial charge in [-0.15, -0.1) is 0 Å². The molecule has 5 heteroatoms. The summed E-state index contributed by atoms with van der Waals surface area (Å²) in [5.74, 6) is -2.01. The topological polar surface area (TPSA) is 38.7 Å². The van der Waals surface area contributed by atoms with Crippen molar-refractivity contribution in [2.75, 3.05) is 7.11 Å². The van der Waals surface area contributed by atoms with E-state index >= 15 is 0 Å². The molecule has 13 heavy (non-hydrogen) atoms. The van der Waals surface area contributed by atoms with Crippen LogP contribution in [0.5, 0.6) is 5.75 Å². The van der Waals surface area contributed by atoms with E-state index in [1.165, 1.54) is 13.2 Å². The summed E-state index contributed by atoms with van der Waals surface area (Å²) < 4.78 is 30.0. The van der Waals surface area contributed by atoms with E-state index in [0.717, 1.165) is 6.07 Å². The molecule has 0 aromatic heterocycles.